The van der Waals surface area contributed by atoms with E-state index in [2.05, 4.69) is 25.3 Å². The molecule has 3 aromatic heterocycles. The minimum Gasteiger partial charge on any atom is -0.368 e. The van der Waals surface area contributed by atoms with E-state index in [4.69, 9.17) is 4.98 Å². The van der Waals surface area contributed by atoms with E-state index in [1.807, 2.05) is 11.0 Å². The van der Waals surface area contributed by atoms with Gasteiger partial charge < -0.3 is 15.5 Å². The molecule has 0 radical (unpaired) electrons. The fourth-order valence-corrected chi connectivity index (χ4v) is 7.60. The third kappa shape index (κ3) is 5.90. The number of hydrogen-bond donors (Lipinski definition) is 3. The summed E-state index contributed by atoms with van der Waals surface area (Å²) in [6.07, 6.45) is 8.57. The van der Waals surface area contributed by atoms with Gasteiger partial charge in [-0.05, 0) is 63.8 Å². The van der Waals surface area contributed by atoms with Crippen molar-refractivity contribution in [1.29, 1.82) is 0 Å². The molecule has 15 heteroatoms. The largest absolute Gasteiger partial charge is 0.368 e. The van der Waals surface area contributed by atoms with Gasteiger partial charge in [0.05, 0.1) is 23.5 Å². The molecule has 1 aliphatic carbocycles. The van der Waals surface area contributed by atoms with Crippen LogP contribution in [0.25, 0.3) is 11.0 Å². The molecule has 2 saturated heterocycles. The van der Waals surface area contributed by atoms with E-state index in [0.29, 0.717) is 48.5 Å². The number of anilines is 3. The quantitative estimate of drug-likeness (QED) is 0.313. The number of piperazine rings is 1. The Labute approximate surface area is 255 Å². The number of nitrogens with zero attached hydrogens (tertiary/aromatic N) is 6. The summed E-state index contributed by atoms with van der Waals surface area (Å²) < 4.78 is 30.7. The van der Waals surface area contributed by atoms with Crippen LogP contribution in [-0.2, 0) is 15.0 Å². The molecular weight excluding hydrogens is 586 g/mol. The number of ketones is 1. The second-order valence-corrected chi connectivity index (χ2v) is 13.3. The Hall–Kier alpha value is -3.95. The number of Topliss-reactive ketones (excluding diaryl/α,β-unsaturated/α-hetero) is 1. The van der Waals surface area contributed by atoms with Crippen LogP contribution in [0.1, 0.15) is 67.4 Å². The van der Waals surface area contributed by atoms with E-state index in [1.165, 1.54) is 11.2 Å². The fourth-order valence-electron chi connectivity index (χ4n) is 6.43. The number of fused-ring (bicyclic) bond motifs is 1. The van der Waals surface area contributed by atoms with Crippen LogP contribution in [0.2, 0.25) is 0 Å². The standard InChI is InChI=1S/C29H37N9O5S/c1-18-22-17-32-29(34-26(22)38(20-6-3-4-7-20)28(41)25(18)19(2)39)33-24-10-9-21(16-31-24)36-12-14-37(15-13-36)44(42,43)35-27(40)23-8-5-11-30-23/h9-10,16-17,20,23,30H,3-8,11-15H2,1-2H3,(H,35,40)(H,31,32,33,34). The summed E-state index contributed by atoms with van der Waals surface area (Å²) in [6, 6.07) is 3.19. The molecule has 3 aromatic rings. The Morgan fingerprint density at radius 2 is 1.75 bits per heavy atom. The predicted molar refractivity (Wildman–Crippen MR) is 165 cm³/mol. The van der Waals surface area contributed by atoms with Crippen LogP contribution < -0.4 is 25.8 Å². The van der Waals surface area contributed by atoms with Gasteiger partial charge in [0.25, 0.3) is 11.5 Å². The average Bonchev–Trinajstić information content (AvgIpc) is 3.73. The van der Waals surface area contributed by atoms with E-state index < -0.39 is 22.2 Å². The Kier molecular flexibility index (Phi) is 8.35. The molecule has 44 heavy (non-hydrogen) atoms. The summed E-state index contributed by atoms with van der Waals surface area (Å²) in [6.45, 7) is 5.24. The number of amides is 1. The van der Waals surface area contributed by atoms with E-state index in [1.54, 1.807) is 30.0 Å². The number of aryl methyl sites for hydroxylation is 1. The van der Waals surface area contributed by atoms with Crippen molar-refractivity contribution in [3.05, 3.63) is 46.0 Å². The van der Waals surface area contributed by atoms with Gasteiger partial charge in [-0.3, -0.25) is 19.0 Å². The maximum absolute atomic E-state index is 13.5. The lowest BCUT2D eigenvalue weighted by Gasteiger charge is -2.35. The van der Waals surface area contributed by atoms with Crippen LogP contribution in [0.5, 0.6) is 0 Å². The van der Waals surface area contributed by atoms with Crippen LogP contribution >= 0.6 is 0 Å². The third-order valence-corrected chi connectivity index (χ3v) is 10.3. The highest BCUT2D eigenvalue weighted by molar-refractivity contribution is 7.87. The van der Waals surface area contributed by atoms with Crippen LogP contribution in [-0.4, -0.2) is 82.7 Å². The number of carbonyl (C=O) groups is 2. The molecule has 14 nitrogen and oxygen atoms in total. The molecular formula is C29H37N9O5S. The minimum absolute atomic E-state index is 0.0140. The van der Waals surface area contributed by atoms with Crippen molar-refractivity contribution < 1.29 is 18.0 Å². The Morgan fingerprint density at radius 1 is 1.00 bits per heavy atom. The molecule has 5 heterocycles. The van der Waals surface area contributed by atoms with E-state index >= 15 is 0 Å². The highest BCUT2D eigenvalue weighted by Crippen LogP contribution is 2.32. The number of pyridine rings is 2. The maximum Gasteiger partial charge on any atom is 0.303 e. The number of aromatic nitrogens is 4. The normalized spacial score (nSPS) is 19.9. The lowest BCUT2D eigenvalue weighted by Crippen LogP contribution is -2.55. The first-order chi connectivity index (χ1) is 21.1. The molecule has 3 aliphatic rings. The summed E-state index contributed by atoms with van der Waals surface area (Å²) in [5, 5.41) is 6.81. The summed E-state index contributed by atoms with van der Waals surface area (Å²) in [7, 11) is -3.91. The lowest BCUT2D eigenvalue weighted by molar-refractivity contribution is -0.121. The lowest BCUT2D eigenvalue weighted by atomic mass is 10.0. The van der Waals surface area contributed by atoms with Gasteiger partial charge in [0.15, 0.2) is 5.78 Å². The molecule has 0 spiro atoms. The monoisotopic (exact) mass is 623 g/mol. The molecule has 1 amide bonds. The topological polar surface area (TPSA) is 172 Å². The van der Waals surface area contributed by atoms with Gasteiger partial charge in [-0.2, -0.15) is 17.7 Å². The number of nitrogens with one attached hydrogen (secondary N) is 3. The van der Waals surface area contributed by atoms with Crippen LogP contribution in [0.3, 0.4) is 0 Å². The van der Waals surface area contributed by atoms with Gasteiger partial charge in [-0.25, -0.2) is 14.7 Å². The number of rotatable bonds is 8. The van der Waals surface area contributed by atoms with Crippen molar-refractivity contribution in [3.63, 3.8) is 0 Å². The van der Waals surface area contributed by atoms with Gasteiger partial charge in [0.1, 0.15) is 11.5 Å². The molecule has 1 atom stereocenters. The van der Waals surface area contributed by atoms with Crippen molar-refractivity contribution in [3.8, 4) is 0 Å². The van der Waals surface area contributed by atoms with Crippen molar-refractivity contribution >= 4 is 50.4 Å². The first-order valence-electron chi connectivity index (χ1n) is 15.1. The van der Waals surface area contributed by atoms with E-state index in [0.717, 1.165) is 37.8 Å². The second kappa shape index (κ2) is 12.2. The van der Waals surface area contributed by atoms with Gasteiger partial charge in [-0.1, -0.05) is 12.8 Å². The molecule has 0 bridgehead atoms. The Morgan fingerprint density at radius 3 is 2.39 bits per heavy atom. The first kappa shape index (κ1) is 30.1. The zero-order valence-corrected chi connectivity index (χ0v) is 25.7. The highest BCUT2D eigenvalue weighted by Gasteiger charge is 2.32. The summed E-state index contributed by atoms with van der Waals surface area (Å²) in [4.78, 5) is 53.8. The van der Waals surface area contributed by atoms with E-state index in [9.17, 15) is 22.8 Å². The molecule has 2 aliphatic heterocycles. The molecule has 1 unspecified atom stereocenters. The smallest absolute Gasteiger partial charge is 0.303 e. The fraction of sp³-hybridized carbons (Fsp3) is 0.517. The van der Waals surface area contributed by atoms with Crippen LogP contribution in [0.15, 0.2) is 29.3 Å². The first-order valence-corrected chi connectivity index (χ1v) is 16.5. The van der Waals surface area contributed by atoms with Crippen LogP contribution in [0.4, 0.5) is 17.5 Å². The van der Waals surface area contributed by atoms with Crippen molar-refractivity contribution in [2.45, 2.75) is 64.5 Å². The summed E-state index contributed by atoms with van der Waals surface area (Å²) in [5.74, 6) is 0.0154. The highest BCUT2D eigenvalue weighted by atomic mass is 32.2. The van der Waals surface area contributed by atoms with Gasteiger partial charge >= 0.3 is 10.2 Å². The van der Waals surface area contributed by atoms with Crippen LogP contribution in [0, 0.1) is 6.92 Å². The molecule has 3 N–H and O–H groups in total. The minimum atomic E-state index is -3.91. The Bertz CT molecular complexity index is 1740. The summed E-state index contributed by atoms with van der Waals surface area (Å²) in [5.41, 5.74) is 1.80. The zero-order chi connectivity index (χ0) is 31.0. The average molecular weight is 624 g/mol. The van der Waals surface area contributed by atoms with Crippen molar-refractivity contribution in [1.82, 2.24) is 33.9 Å². The zero-order valence-electron chi connectivity index (χ0n) is 24.9. The van der Waals surface area contributed by atoms with Gasteiger partial charge in [0.2, 0.25) is 5.95 Å². The van der Waals surface area contributed by atoms with Crippen molar-refractivity contribution in [2.24, 2.45) is 0 Å². The molecule has 1 saturated carbocycles. The predicted octanol–water partition coefficient (Wildman–Crippen LogP) is 1.79. The van der Waals surface area contributed by atoms with Gasteiger partial charge in [0, 0.05) is 43.8 Å². The maximum atomic E-state index is 13.5. The second-order valence-electron chi connectivity index (χ2n) is 11.6. The molecule has 6 rings (SSSR count). The van der Waals surface area contributed by atoms with Crippen molar-refractivity contribution in [2.75, 3.05) is 42.9 Å². The molecule has 0 aromatic carbocycles. The van der Waals surface area contributed by atoms with E-state index in [-0.39, 0.29) is 42.0 Å². The number of carbonyl (C=O) groups excluding carboxylic acids is 2. The third-order valence-electron chi connectivity index (χ3n) is 8.79. The molecule has 234 valence electrons. The van der Waals surface area contributed by atoms with Gasteiger partial charge in [-0.15, -0.1) is 0 Å². The molecule has 3 fully saturated rings. The SMILES string of the molecule is CC(=O)c1c(C)c2cnc(Nc3ccc(N4CCN(S(=O)(=O)NC(=O)C5CCCN5)CC4)cn3)nc2n(C2CCCC2)c1=O. The number of hydrogen-bond acceptors (Lipinski definition) is 11. The Balaban J connectivity index is 1.14. The summed E-state index contributed by atoms with van der Waals surface area (Å²) >= 11 is 0.